The van der Waals surface area contributed by atoms with Crippen LogP contribution in [0.3, 0.4) is 0 Å². The van der Waals surface area contributed by atoms with E-state index in [1.807, 2.05) is 0 Å². The van der Waals surface area contributed by atoms with E-state index < -0.39 is 17.6 Å². The van der Waals surface area contributed by atoms with E-state index in [0.29, 0.717) is 17.4 Å². The van der Waals surface area contributed by atoms with Crippen molar-refractivity contribution in [3.8, 4) is 5.75 Å². The van der Waals surface area contributed by atoms with Crippen LogP contribution in [0, 0.1) is 5.82 Å². The number of methoxy groups -OCH3 is 1. The zero-order valence-electron chi connectivity index (χ0n) is 16.5. The van der Waals surface area contributed by atoms with Crippen LogP contribution in [0.5, 0.6) is 5.75 Å². The second-order valence-electron chi connectivity index (χ2n) is 7.10. The maximum Gasteiger partial charge on any atom is 0.341 e. The Labute approximate surface area is 176 Å². The Balaban J connectivity index is 1.83. The SMILES string of the molecule is COC(=O)c1cc(C(=O)N2CCC(=O)N2)c2cc(Cc3ccc(F)cc3)cnc2c1O. The van der Waals surface area contributed by atoms with Crippen molar-refractivity contribution in [2.45, 2.75) is 12.8 Å². The quantitative estimate of drug-likeness (QED) is 0.624. The molecule has 0 atom stereocenters. The Bertz CT molecular complexity index is 1210. The van der Waals surface area contributed by atoms with Gasteiger partial charge in [0.1, 0.15) is 16.9 Å². The van der Waals surface area contributed by atoms with Crippen LogP contribution in [0.2, 0.25) is 0 Å². The number of carbonyl (C=O) groups is 3. The Morgan fingerprint density at radius 1 is 1.19 bits per heavy atom. The minimum atomic E-state index is -0.823. The number of amides is 2. The number of hydrogen-bond acceptors (Lipinski definition) is 6. The highest BCUT2D eigenvalue weighted by molar-refractivity contribution is 6.12. The molecule has 1 aliphatic rings. The number of nitrogens with one attached hydrogen (secondary N) is 1. The fraction of sp³-hybridized carbons (Fsp3) is 0.182. The molecule has 0 unspecified atom stereocenters. The maximum atomic E-state index is 13.2. The van der Waals surface area contributed by atoms with Gasteiger partial charge in [0.05, 0.1) is 19.2 Å². The van der Waals surface area contributed by atoms with Crippen LogP contribution in [0.1, 0.15) is 38.3 Å². The first-order valence-electron chi connectivity index (χ1n) is 9.46. The third-order valence-corrected chi connectivity index (χ3v) is 5.03. The first-order valence-corrected chi connectivity index (χ1v) is 9.46. The van der Waals surface area contributed by atoms with Gasteiger partial charge in [0, 0.05) is 18.0 Å². The van der Waals surface area contributed by atoms with Crippen molar-refractivity contribution in [1.82, 2.24) is 15.4 Å². The van der Waals surface area contributed by atoms with Gasteiger partial charge in [-0.2, -0.15) is 0 Å². The van der Waals surface area contributed by atoms with Gasteiger partial charge in [0.25, 0.3) is 5.91 Å². The third-order valence-electron chi connectivity index (χ3n) is 5.03. The van der Waals surface area contributed by atoms with E-state index in [2.05, 4.69) is 10.4 Å². The number of rotatable bonds is 4. The van der Waals surface area contributed by atoms with Gasteiger partial charge >= 0.3 is 5.97 Å². The van der Waals surface area contributed by atoms with Gasteiger partial charge in [-0.05, 0) is 41.8 Å². The average molecular weight is 423 g/mol. The molecule has 2 N–H and O–H groups in total. The summed E-state index contributed by atoms with van der Waals surface area (Å²) < 4.78 is 17.9. The topological polar surface area (TPSA) is 109 Å². The minimum Gasteiger partial charge on any atom is -0.505 e. The number of halogens is 1. The minimum absolute atomic E-state index is 0.0552. The molecule has 4 rings (SSSR count). The van der Waals surface area contributed by atoms with Gasteiger partial charge in [-0.1, -0.05) is 12.1 Å². The first kappa shape index (κ1) is 20.3. The van der Waals surface area contributed by atoms with Crippen molar-refractivity contribution in [3.05, 3.63) is 70.7 Å². The monoisotopic (exact) mass is 423 g/mol. The van der Waals surface area contributed by atoms with Gasteiger partial charge in [-0.25, -0.2) is 14.2 Å². The molecule has 8 nitrogen and oxygen atoms in total. The summed E-state index contributed by atoms with van der Waals surface area (Å²) in [5, 5.41) is 12.0. The second kappa shape index (κ2) is 8.02. The molecule has 0 spiro atoms. The Hall–Kier alpha value is -4.01. The molecular formula is C22H18FN3O5. The molecule has 0 aliphatic carbocycles. The molecule has 3 aromatic rings. The van der Waals surface area contributed by atoms with Gasteiger partial charge in [0.2, 0.25) is 5.91 Å². The number of fused-ring (bicyclic) bond motifs is 1. The fourth-order valence-corrected chi connectivity index (χ4v) is 3.47. The molecule has 2 heterocycles. The Morgan fingerprint density at radius 3 is 2.58 bits per heavy atom. The predicted octanol–water partition coefficient (Wildman–Crippen LogP) is 2.33. The molecule has 1 saturated heterocycles. The van der Waals surface area contributed by atoms with Crippen LogP contribution >= 0.6 is 0 Å². The highest BCUT2D eigenvalue weighted by atomic mass is 19.1. The standard InChI is InChI=1S/C22H18FN3O5/c1-31-22(30)17-10-16(21(29)26-7-6-18(27)25-26)15-9-13(11-24-19(15)20(17)28)8-12-2-4-14(23)5-3-12/h2-5,9-11,28H,6-8H2,1H3,(H,25,27). The fourth-order valence-electron chi connectivity index (χ4n) is 3.47. The summed E-state index contributed by atoms with van der Waals surface area (Å²) >= 11 is 0. The molecule has 0 radical (unpaired) electrons. The van der Waals surface area contributed by atoms with Crippen LogP contribution in [0.15, 0.2) is 42.6 Å². The number of aromatic nitrogens is 1. The summed E-state index contributed by atoms with van der Waals surface area (Å²) in [4.78, 5) is 41.0. The molecule has 1 aliphatic heterocycles. The van der Waals surface area contributed by atoms with Crippen LogP contribution in [-0.2, 0) is 16.0 Å². The Kier molecular flexibility index (Phi) is 5.24. The highest BCUT2D eigenvalue weighted by Crippen LogP contribution is 2.32. The van der Waals surface area contributed by atoms with E-state index in [9.17, 15) is 23.9 Å². The number of benzene rings is 2. The molecular weight excluding hydrogens is 405 g/mol. The van der Waals surface area contributed by atoms with Gasteiger partial charge in [-0.3, -0.25) is 20.0 Å². The van der Waals surface area contributed by atoms with Crippen molar-refractivity contribution >= 4 is 28.7 Å². The second-order valence-corrected chi connectivity index (χ2v) is 7.10. The lowest BCUT2D eigenvalue weighted by Crippen LogP contribution is -2.38. The number of hydrazine groups is 1. The summed E-state index contributed by atoms with van der Waals surface area (Å²) in [5.74, 6) is -2.41. The summed E-state index contributed by atoms with van der Waals surface area (Å²) in [6, 6.07) is 8.90. The summed E-state index contributed by atoms with van der Waals surface area (Å²) in [6.07, 6.45) is 2.09. The zero-order chi connectivity index (χ0) is 22.1. The number of phenolic OH excluding ortho intramolecular Hbond substituents is 1. The smallest absolute Gasteiger partial charge is 0.341 e. The molecule has 2 amide bonds. The maximum absolute atomic E-state index is 13.2. The van der Waals surface area contributed by atoms with Gasteiger partial charge in [0.15, 0.2) is 5.75 Å². The van der Waals surface area contributed by atoms with Crippen LogP contribution in [0.4, 0.5) is 4.39 Å². The molecule has 31 heavy (non-hydrogen) atoms. The van der Waals surface area contributed by atoms with Crippen LogP contribution in [0.25, 0.3) is 10.9 Å². The number of ether oxygens (including phenoxy) is 1. The van der Waals surface area contributed by atoms with Crippen molar-refractivity contribution in [1.29, 1.82) is 0 Å². The number of esters is 1. The largest absolute Gasteiger partial charge is 0.505 e. The van der Waals surface area contributed by atoms with E-state index in [-0.39, 0.29) is 41.3 Å². The molecule has 0 saturated carbocycles. The van der Waals surface area contributed by atoms with Crippen molar-refractivity contribution in [2.24, 2.45) is 0 Å². The molecule has 1 aromatic heterocycles. The lowest BCUT2D eigenvalue weighted by molar-refractivity contribution is -0.120. The Morgan fingerprint density at radius 2 is 1.94 bits per heavy atom. The van der Waals surface area contributed by atoms with E-state index in [1.165, 1.54) is 24.4 Å². The number of pyridine rings is 1. The van der Waals surface area contributed by atoms with Gasteiger partial charge < -0.3 is 9.84 Å². The molecule has 9 heteroatoms. The molecule has 1 fully saturated rings. The average Bonchev–Trinajstić information content (AvgIpc) is 3.21. The van der Waals surface area contributed by atoms with E-state index in [0.717, 1.165) is 17.7 Å². The lowest BCUT2D eigenvalue weighted by Gasteiger charge is -2.18. The number of hydrogen-bond donors (Lipinski definition) is 2. The number of nitrogens with zero attached hydrogens (tertiary/aromatic N) is 2. The normalized spacial score (nSPS) is 13.4. The van der Waals surface area contributed by atoms with Crippen LogP contribution < -0.4 is 5.43 Å². The van der Waals surface area contributed by atoms with Crippen LogP contribution in [-0.4, -0.2) is 46.5 Å². The van der Waals surface area contributed by atoms with Crippen molar-refractivity contribution < 1.29 is 28.6 Å². The number of carbonyl (C=O) groups excluding carboxylic acids is 3. The molecule has 158 valence electrons. The van der Waals surface area contributed by atoms with Gasteiger partial charge in [-0.15, -0.1) is 0 Å². The highest BCUT2D eigenvalue weighted by Gasteiger charge is 2.28. The van der Waals surface area contributed by atoms with Crippen molar-refractivity contribution in [2.75, 3.05) is 13.7 Å². The molecule has 0 bridgehead atoms. The van der Waals surface area contributed by atoms with Crippen molar-refractivity contribution in [3.63, 3.8) is 0 Å². The summed E-state index contributed by atoms with van der Waals surface area (Å²) in [7, 11) is 1.16. The third kappa shape index (κ3) is 3.89. The first-order chi connectivity index (χ1) is 14.9. The molecule has 2 aromatic carbocycles. The zero-order valence-corrected chi connectivity index (χ0v) is 16.5. The number of phenols is 1. The number of aromatic hydroxyl groups is 1. The van der Waals surface area contributed by atoms with E-state index >= 15 is 0 Å². The summed E-state index contributed by atoms with van der Waals surface area (Å²) in [6.45, 7) is 0.177. The summed E-state index contributed by atoms with van der Waals surface area (Å²) in [5.41, 5.74) is 3.94. The lowest BCUT2D eigenvalue weighted by atomic mass is 9.98. The van der Waals surface area contributed by atoms with E-state index in [1.54, 1.807) is 18.2 Å². The van der Waals surface area contributed by atoms with E-state index in [4.69, 9.17) is 4.74 Å². The predicted molar refractivity (Wildman–Crippen MR) is 108 cm³/mol.